The molecular weight excluding hydrogens is 178 g/mol. The summed E-state index contributed by atoms with van der Waals surface area (Å²) >= 11 is 0. The Balaban J connectivity index is 2.81. The van der Waals surface area contributed by atoms with Gasteiger partial charge >= 0.3 is 0 Å². The van der Waals surface area contributed by atoms with Gasteiger partial charge in [0.15, 0.2) is 6.23 Å². The average molecular weight is 194 g/mol. The van der Waals surface area contributed by atoms with E-state index in [1.165, 1.54) is 0 Å². The molecule has 0 amide bonds. The van der Waals surface area contributed by atoms with Crippen LogP contribution in [0.4, 0.5) is 0 Å². The number of rotatable bonds is 2. The van der Waals surface area contributed by atoms with E-state index < -0.39 is 11.8 Å². The zero-order valence-electron chi connectivity index (χ0n) is 8.77. The molecule has 1 aromatic rings. The Morgan fingerprint density at radius 3 is 2.14 bits per heavy atom. The number of nitrogens with zero attached hydrogens (tertiary/aromatic N) is 1. The van der Waals surface area contributed by atoms with Crippen LogP contribution in [0.15, 0.2) is 30.3 Å². The first kappa shape index (κ1) is 11.2. The molecule has 77 valence electrons. The van der Waals surface area contributed by atoms with Gasteiger partial charge in [0.25, 0.3) is 0 Å². The van der Waals surface area contributed by atoms with Crippen molar-refractivity contribution in [3.63, 3.8) is 0 Å². The number of benzene rings is 1. The first-order valence-electron chi connectivity index (χ1n) is 4.62. The lowest BCUT2D eigenvalue weighted by molar-refractivity contribution is -0.290. The summed E-state index contributed by atoms with van der Waals surface area (Å²) in [7, 11) is 0. The highest BCUT2D eigenvalue weighted by Gasteiger charge is 2.28. The van der Waals surface area contributed by atoms with Gasteiger partial charge in [-0.25, -0.2) is 0 Å². The molecule has 0 aromatic heterocycles. The van der Waals surface area contributed by atoms with Gasteiger partial charge in [0.1, 0.15) is 0 Å². The summed E-state index contributed by atoms with van der Waals surface area (Å²) < 4.78 is 0. The molecule has 0 bridgehead atoms. The number of hydrogen-bond acceptors (Lipinski definition) is 2. The van der Waals surface area contributed by atoms with Crippen molar-refractivity contribution in [2.24, 2.45) is 0 Å². The monoisotopic (exact) mass is 194 g/mol. The molecule has 0 fully saturated rings. The van der Waals surface area contributed by atoms with E-state index >= 15 is 0 Å². The third-order valence-corrected chi connectivity index (χ3v) is 1.98. The molecule has 1 N–H and O–H groups in total. The van der Waals surface area contributed by atoms with Crippen LogP contribution in [0.1, 0.15) is 32.6 Å². The van der Waals surface area contributed by atoms with Crippen molar-refractivity contribution < 1.29 is 10.3 Å². The molecule has 14 heavy (non-hydrogen) atoms. The second-order valence-corrected chi connectivity index (χ2v) is 4.28. The van der Waals surface area contributed by atoms with Crippen molar-refractivity contribution in [2.45, 2.75) is 32.5 Å². The molecule has 1 rings (SSSR count). The molecule has 0 heterocycles. The molecule has 1 unspecified atom stereocenters. The maximum Gasteiger partial charge on any atom is 0.159 e. The van der Waals surface area contributed by atoms with E-state index in [4.69, 9.17) is 0 Å². The van der Waals surface area contributed by atoms with E-state index in [9.17, 15) is 10.3 Å². The van der Waals surface area contributed by atoms with Gasteiger partial charge in [-0.05, 0) is 26.3 Å². The van der Waals surface area contributed by atoms with Crippen molar-refractivity contribution in [2.75, 3.05) is 0 Å². The minimum absolute atomic E-state index is 0.588. The van der Waals surface area contributed by atoms with Crippen LogP contribution in [0.5, 0.6) is 0 Å². The number of aliphatic hydroxyl groups is 1. The van der Waals surface area contributed by atoms with E-state index in [1.807, 2.05) is 6.07 Å². The molecule has 3 nitrogen and oxygen atoms in total. The van der Waals surface area contributed by atoms with Gasteiger partial charge < -0.3 is 5.11 Å². The Hall–Kier alpha value is -0.900. The molecule has 0 spiro atoms. The molecule has 1 aromatic carbocycles. The van der Waals surface area contributed by atoms with Gasteiger partial charge in [0.2, 0.25) is 0 Å². The van der Waals surface area contributed by atoms with Crippen LogP contribution >= 0.6 is 0 Å². The summed E-state index contributed by atoms with van der Waals surface area (Å²) in [6.45, 7) is 5.31. The van der Waals surface area contributed by atoms with Gasteiger partial charge in [0, 0.05) is 5.54 Å². The van der Waals surface area contributed by atoms with Gasteiger partial charge in [0.05, 0.1) is 0 Å². The van der Waals surface area contributed by atoms with Gasteiger partial charge in [-0.1, -0.05) is 30.3 Å². The Morgan fingerprint density at radius 1 is 1.21 bits per heavy atom. The summed E-state index contributed by atoms with van der Waals surface area (Å²) in [6, 6.07) is 8.93. The van der Waals surface area contributed by atoms with Gasteiger partial charge in [-0.3, -0.25) is 0 Å². The summed E-state index contributed by atoms with van der Waals surface area (Å²) in [5, 5.41) is 22.1. The zero-order valence-corrected chi connectivity index (χ0v) is 8.77. The Labute approximate surface area is 84.6 Å². The van der Waals surface area contributed by atoms with Crippen LogP contribution in [-0.4, -0.2) is 15.7 Å². The van der Waals surface area contributed by atoms with Crippen LogP contribution in [0.2, 0.25) is 0 Å². The number of hydroxylamine groups is 2. The largest absolute Gasteiger partial charge is 0.372 e. The van der Waals surface area contributed by atoms with Crippen LogP contribution < -0.4 is 0 Å². The first-order valence-corrected chi connectivity index (χ1v) is 4.62. The van der Waals surface area contributed by atoms with Crippen molar-refractivity contribution in [3.8, 4) is 0 Å². The summed E-state index contributed by atoms with van der Waals surface area (Å²) in [5.41, 5.74) is 0.0346. The Morgan fingerprint density at radius 2 is 1.71 bits per heavy atom. The van der Waals surface area contributed by atoms with E-state index in [1.54, 1.807) is 45.0 Å². The topological polar surface area (TPSA) is 43.4 Å². The fourth-order valence-corrected chi connectivity index (χ4v) is 1.13. The fraction of sp³-hybridized carbons (Fsp3) is 0.455. The van der Waals surface area contributed by atoms with Gasteiger partial charge in [-0.2, -0.15) is 0 Å². The summed E-state index contributed by atoms with van der Waals surface area (Å²) in [6.07, 6.45) is -1.09. The molecule has 1 radical (unpaired) electrons. The van der Waals surface area contributed by atoms with E-state index in [-0.39, 0.29) is 0 Å². The van der Waals surface area contributed by atoms with Crippen LogP contribution in [-0.2, 0) is 5.21 Å². The Kier molecular flexibility index (Phi) is 3.26. The standard InChI is InChI=1S/C11H16NO2/c1-11(2,3)12(14)10(13)9-7-5-4-6-8-9/h4-8,10,13H,1-3H3. The van der Waals surface area contributed by atoms with E-state index in [2.05, 4.69) is 0 Å². The van der Waals surface area contributed by atoms with Crippen molar-refractivity contribution >= 4 is 0 Å². The molecule has 3 heteroatoms. The maximum absolute atomic E-state index is 11.6. The lowest BCUT2D eigenvalue weighted by atomic mass is 10.1. The molecule has 1 atom stereocenters. The molecule has 0 aliphatic heterocycles. The molecule has 0 saturated heterocycles. The SMILES string of the molecule is CC(C)(C)N([O])C(O)c1ccccc1. The minimum atomic E-state index is -1.09. The fourth-order valence-electron chi connectivity index (χ4n) is 1.13. The van der Waals surface area contributed by atoms with E-state index in [0.717, 1.165) is 0 Å². The highest BCUT2D eigenvalue weighted by Crippen LogP contribution is 2.23. The minimum Gasteiger partial charge on any atom is -0.372 e. The highest BCUT2D eigenvalue weighted by atomic mass is 16.5. The zero-order chi connectivity index (χ0) is 10.8. The smallest absolute Gasteiger partial charge is 0.159 e. The van der Waals surface area contributed by atoms with Crippen molar-refractivity contribution in [1.82, 2.24) is 5.06 Å². The summed E-state index contributed by atoms with van der Waals surface area (Å²) in [4.78, 5) is 0. The Bertz CT molecular complexity index is 279. The molecule has 0 aliphatic rings. The lowest BCUT2D eigenvalue weighted by Gasteiger charge is -2.31. The second-order valence-electron chi connectivity index (χ2n) is 4.28. The lowest BCUT2D eigenvalue weighted by Crippen LogP contribution is -2.40. The van der Waals surface area contributed by atoms with Crippen LogP contribution in [0.3, 0.4) is 0 Å². The second kappa shape index (κ2) is 4.09. The average Bonchev–Trinajstić information content (AvgIpc) is 2.15. The van der Waals surface area contributed by atoms with Gasteiger partial charge in [-0.15, -0.1) is 10.3 Å². The molecular formula is C11H16NO2. The van der Waals surface area contributed by atoms with Crippen LogP contribution in [0.25, 0.3) is 0 Å². The number of hydrogen-bond donors (Lipinski definition) is 1. The normalized spacial score (nSPS) is 14.4. The number of aliphatic hydroxyl groups excluding tert-OH is 1. The molecule has 0 aliphatic carbocycles. The quantitative estimate of drug-likeness (QED) is 0.579. The predicted molar refractivity (Wildman–Crippen MR) is 53.7 cm³/mol. The van der Waals surface area contributed by atoms with E-state index in [0.29, 0.717) is 10.6 Å². The predicted octanol–water partition coefficient (Wildman–Crippen LogP) is 2.12. The first-order chi connectivity index (χ1) is 6.43. The molecule has 0 saturated carbocycles. The van der Waals surface area contributed by atoms with Crippen molar-refractivity contribution in [3.05, 3.63) is 35.9 Å². The maximum atomic E-state index is 11.6. The third-order valence-electron chi connectivity index (χ3n) is 1.98. The third kappa shape index (κ3) is 2.54. The van der Waals surface area contributed by atoms with Crippen LogP contribution in [0, 0.1) is 0 Å². The van der Waals surface area contributed by atoms with Crippen molar-refractivity contribution in [1.29, 1.82) is 0 Å². The summed E-state index contributed by atoms with van der Waals surface area (Å²) in [5.74, 6) is 0. The highest BCUT2D eigenvalue weighted by molar-refractivity contribution is 5.16.